The molecule has 0 fully saturated rings. The summed E-state index contributed by atoms with van der Waals surface area (Å²) >= 11 is 0. The van der Waals surface area contributed by atoms with Crippen LogP contribution in [0.3, 0.4) is 0 Å². The number of benzene rings is 7. The zero-order valence-corrected chi connectivity index (χ0v) is 27.5. The Morgan fingerprint density at radius 2 is 0.902 bits per heavy atom. The van der Waals surface area contributed by atoms with Crippen molar-refractivity contribution in [3.63, 3.8) is 0 Å². The van der Waals surface area contributed by atoms with Gasteiger partial charge >= 0.3 is 0 Å². The molecule has 0 amide bonds. The van der Waals surface area contributed by atoms with Gasteiger partial charge in [0.05, 0.1) is 28.2 Å². The molecule has 3 aromatic heterocycles. The molecule has 4 nitrogen and oxygen atoms in total. The summed E-state index contributed by atoms with van der Waals surface area (Å²) < 4.78 is 6.80. The van der Waals surface area contributed by atoms with Gasteiger partial charge in [0.15, 0.2) is 5.82 Å². The summed E-state index contributed by atoms with van der Waals surface area (Å²) in [6.45, 7) is 0. The fourth-order valence-corrected chi connectivity index (χ4v) is 7.25. The zero-order valence-electron chi connectivity index (χ0n) is 27.5. The molecule has 0 saturated heterocycles. The van der Waals surface area contributed by atoms with E-state index in [4.69, 9.17) is 19.4 Å². The molecule has 0 atom stereocenters. The number of aromatic nitrogens is 3. The largest absolute Gasteiger partial charge is 0.455 e. The predicted octanol–water partition coefficient (Wildman–Crippen LogP) is 12.4. The summed E-state index contributed by atoms with van der Waals surface area (Å²) in [7, 11) is 0. The maximum Gasteiger partial charge on any atom is 0.164 e. The Labute approximate surface area is 294 Å². The first-order valence-corrected chi connectivity index (χ1v) is 17.1. The van der Waals surface area contributed by atoms with Gasteiger partial charge in [0.25, 0.3) is 0 Å². The lowest BCUT2D eigenvalue weighted by Gasteiger charge is -2.14. The van der Waals surface area contributed by atoms with Crippen molar-refractivity contribution in [3.8, 4) is 56.3 Å². The van der Waals surface area contributed by atoms with E-state index in [1.807, 2.05) is 48.5 Å². The normalized spacial score (nSPS) is 11.5. The highest BCUT2D eigenvalue weighted by molar-refractivity contribution is 6.30. The summed E-state index contributed by atoms with van der Waals surface area (Å²) in [5.74, 6) is 0.594. The standard InChI is InChI=1S/C47H29N3O/c1-4-14-30(15-5-1)31-24-26-33(27-25-31)41-29-40(32-16-6-2-7-17-32)49-47(50-41)38-28-37-43(44-36-21-11-13-23-42(36)51-46(38)44)35-20-10-12-22-39(35)48-45(37)34-18-8-3-9-19-34/h1-29H. The second kappa shape index (κ2) is 11.9. The highest BCUT2D eigenvalue weighted by Crippen LogP contribution is 2.45. The highest BCUT2D eigenvalue weighted by atomic mass is 16.3. The second-order valence-corrected chi connectivity index (χ2v) is 12.8. The topological polar surface area (TPSA) is 51.8 Å². The number of fused-ring (bicyclic) bond motifs is 7. The molecule has 238 valence electrons. The van der Waals surface area contributed by atoms with Gasteiger partial charge in [-0.1, -0.05) is 152 Å². The van der Waals surface area contributed by atoms with E-state index < -0.39 is 0 Å². The van der Waals surface area contributed by atoms with Crippen molar-refractivity contribution < 1.29 is 4.42 Å². The first-order chi connectivity index (χ1) is 25.3. The summed E-state index contributed by atoms with van der Waals surface area (Å²) in [6, 6.07) is 60.6. The van der Waals surface area contributed by atoms with Crippen LogP contribution in [0.15, 0.2) is 180 Å². The van der Waals surface area contributed by atoms with Crippen molar-refractivity contribution >= 4 is 43.6 Å². The molecule has 51 heavy (non-hydrogen) atoms. The van der Waals surface area contributed by atoms with Crippen molar-refractivity contribution in [2.45, 2.75) is 0 Å². The van der Waals surface area contributed by atoms with Crippen molar-refractivity contribution in [1.29, 1.82) is 0 Å². The lowest BCUT2D eigenvalue weighted by atomic mass is 9.93. The van der Waals surface area contributed by atoms with Crippen LogP contribution in [0, 0.1) is 0 Å². The Bertz CT molecular complexity index is 2880. The fraction of sp³-hybridized carbons (Fsp3) is 0. The van der Waals surface area contributed by atoms with E-state index in [9.17, 15) is 0 Å². The number of pyridine rings is 1. The van der Waals surface area contributed by atoms with E-state index in [2.05, 4.69) is 127 Å². The lowest BCUT2D eigenvalue weighted by molar-refractivity contribution is 0.670. The molecular formula is C47H29N3O. The van der Waals surface area contributed by atoms with E-state index in [1.54, 1.807) is 0 Å². The third kappa shape index (κ3) is 4.96. The van der Waals surface area contributed by atoms with E-state index in [1.165, 1.54) is 5.56 Å². The predicted molar refractivity (Wildman–Crippen MR) is 209 cm³/mol. The van der Waals surface area contributed by atoms with E-state index >= 15 is 0 Å². The van der Waals surface area contributed by atoms with Crippen LogP contribution < -0.4 is 0 Å². The molecule has 10 aromatic rings. The van der Waals surface area contributed by atoms with Crippen LogP contribution in [0.2, 0.25) is 0 Å². The Balaban J connectivity index is 1.29. The molecule has 0 saturated carbocycles. The summed E-state index contributed by atoms with van der Waals surface area (Å²) in [5.41, 5.74) is 11.3. The van der Waals surface area contributed by atoms with E-state index in [-0.39, 0.29) is 0 Å². The Kier molecular flexibility index (Phi) is 6.78. The number of hydrogen-bond acceptors (Lipinski definition) is 4. The van der Waals surface area contributed by atoms with Gasteiger partial charge in [0.1, 0.15) is 11.2 Å². The molecule has 0 radical (unpaired) electrons. The maximum atomic E-state index is 6.80. The van der Waals surface area contributed by atoms with Crippen molar-refractivity contribution in [3.05, 3.63) is 176 Å². The number of furan rings is 1. The molecule has 0 aliphatic rings. The number of hydrogen-bond donors (Lipinski definition) is 0. The molecule has 0 spiro atoms. The number of nitrogens with zero attached hydrogens (tertiary/aromatic N) is 3. The number of rotatable bonds is 5. The first kappa shape index (κ1) is 29.0. The molecule has 0 aliphatic heterocycles. The van der Waals surface area contributed by atoms with Gasteiger partial charge in [0, 0.05) is 43.6 Å². The van der Waals surface area contributed by atoms with Crippen LogP contribution in [-0.2, 0) is 0 Å². The van der Waals surface area contributed by atoms with E-state index in [0.717, 1.165) is 88.5 Å². The summed E-state index contributed by atoms with van der Waals surface area (Å²) in [5, 5.41) is 5.30. The average molecular weight is 652 g/mol. The molecule has 0 unspecified atom stereocenters. The summed E-state index contributed by atoms with van der Waals surface area (Å²) in [4.78, 5) is 15.8. The average Bonchev–Trinajstić information content (AvgIpc) is 3.61. The second-order valence-electron chi connectivity index (χ2n) is 12.8. The smallest absolute Gasteiger partial charge is 0.164 e. The van der Waals surface area contributed by atoms with Crippen LogP contribution in [0.25, 0.3) is 99.9 Å². The van der Waals surface area contributed by atoms with E-state index in [0.29, 0.717) is 5.82 Å². The van der Waals surface area contributed by atoms with Gasteiger partial charge in [-0.3, -0.25) is 0 Å². The van der Waals surface area contributed by atoms with Gasteiger partial charge in [-0.05, 0) is 35.4 Å². The first-order valence-electron chi connectivity index (χ1n) is 17.1. The van der Waals surface area contributed by atoms with Crippen LogP contribution in [-0.4, -0.2) is 15.0 Å². The van der Waals surface area contributed by atoms with Gasteiger partial charge < -0.3 is 4.42 Å². The lowest BCUT2D eigenvalue weighted by Crippen LogP contribution is -1.97. The molecule has 0 N–H and O–H groups in total. The van der Waals surface area contributed by atoms with Gasteiger partial charge in [0.2, 0.25) is 0 Å². The molecule has 0 aliphatic carbocycles. The molecule has 7 aromatic carbocycles. The monoisotopic (exact) mass is 651 g/mol. The quantitative estimate of drug-likeness (QED) is 0.174. The Hall–Kier alpha value is -6.91. The van der Waals surface area contributed by atoms with Crippen molar-refractivity contribution in [1.82, 2.24) is 15.0 Å². The zero-order chi connectivity index (χ0) is 33.7. The Morgan fingerprint density at radius 1 is 0.373 bits per heavy atom. The molecule has 10 rings (SSSR count). The van der Waals surface area contributed by atoms with Crippen LogP contribution in [0.5, 0.6) is 0 Å². The summed E-state index contributed by atoms with van der Waals surface area (Å²) in [6.07, 6.45) is 0. The third-order valence-electron chi connectivity index (χ3n) is 9.68. The Morgan fingerprint density at radius 3 is 1.61 bits per heavy atom. The molecule has 3 heterocycles. The van der Waals surface area contributed by atoms with Crippen LogP contribution in [0.1, 0.15) is 0 Å². The highest BCUT2D eigenvalue weighted by Gasteiger charge is 2.23. The number of para-hydroxylation sites is 2. The van der Waals surface area contributed by atoms with Gasteiger partial charge in [-0.15, -0.1) is 0 Å². The molecule has 0 bridgehead atoms. The van der Waals surface area contributed by atoms with Gasteiger partial charge in [-0.25, -0.2) is 15.0 Å². The SMILES string of the molecule is c1ccc(-c2ccc(-c3cc(-c4ccccc4)nc(-c4cc5c(-c6ccccc6)nc6ccccc6c5c5c4oc4ccccc45)n3)cc2)cc1. The minimum Gasteiger partial charge on any atom is -0.455 e. The molecule has 4 heteroatoms. The third-order valence-corrected chi connectivity index (χ3v) is 9.68. The van der Waals surface area contributed by atoms with Gasteiger partial charge in [-0.2, -0.15) is 0 Å². The minimum atomic E-state index is 0.594. The van der Waals surface area contributed by atoms with Crippen molar-refractivity contribution in [2.75, 3.05) is 0 Å². The minimum absolute atomic E-state index is 0.594. The van der Waals surface area contributed by atoms with Crippen LogP contribution in [0.4, 0.5) is 0 Å². The maximum absolute atomic E-state index is 6.80. The fourth-order valence-electron chi connectivity index (χ4n) is 7.25. The van der Waals surface area contributed by atoms with Crippen molar-refractivity contribution in [2.24, 2.45) is 0 Å². The molecular weight excluding hydrogens is 623 g/mol. The van der Waals surface area contributed by atoms with Crippen LogP contribution >= 0.6 is 0 Å².